The van der Waals surface area contributed by atoms with Crippen LogP contribution in [-0.2, 0) is 6.42 Å². The van der Waals surface area contributed by atoms with Gasteiger partial charge in [0.2, 0.25) is 0 Å². The van der Waals surface area contributed by atoms with Gasteiger partial charge in [-0.15, -0.1) is 0 Å². The van der Waals surface area contributed by atoms with E-state index in [2.05, 4.69) is 15.9 Å². The number of rotatable bonds is 4. The quantitative estimate of drug-likeness (QED) is 0.898. The monoisotopic (exact) mass is 312 g/mol. The van der Waals surface area contributed by atoms with Gasteiger partial charge >= 0.3 is 5.97 Å². The fraction of sp³-hybridized carbons (Fsp3) is 0.300. The summed E-state index contributed by atoms with van der Waals surface area (Å²) in [6.45, 7) is 0. The zero-order chi connectivity index (χ0) is 13.2. The molecule has 1 aromatic rings. The minimum absolute atomic E-state index is 0.0630. The molecule has 0 saturated carbocycles. The van der Waals surface area contributed by atoms with E-state index in [0.717, 1.165) is 6.07 Å². The van der Waals surface area contributed by atoms with E-state index in [0.29, 0.717) is 0 Å². The molecule has 2 N–H and O–H groups in total. The Kier molecular flexibility index (Phi) is 4.39. The molecular formula is C10H8BrF3O3. The Morgan fingerprint density at radius 2 is 1.94 bits per heavy atom. The number of aromatic carboxylic acids is 1. The molecule has 0 saturated heterocycles. The number of aromatic hydroxyl groups is 1. The molecule has 0 heterocycles. The lowest BCUT2D eigenvalue weighted by Gasteiger charge is -2.11. The van der Waals surface area contributed by atoms with Crippen LogP contribution < -0.4 is 0 Å². The third-order valence-corrected chi connectivity index (χ3v) is 3.01. The van der Waals surface area contributed by atoms with Gasteiger partial charge in [-0.05, 0) is 27.6 Å². The van der Waals surface area contributed by atoms with E-state index in [4.69, 9.17) is 5.11 Å². The average Bonchev–Trinajstić information content (AvgIpc) is 2.21. The van der Waals surface area contributed by atoms with Crippen molar-refractivity contribution in [1.29, 1.82) is 0 Å². The molecule has 0 aromatic heterocycles. The molecule has 0 aliphatic rings. The molecule has 0 amide bonds. The first-order valence-corrected chi connectivity index (χ1v) is 5.29. The number of carbonyl (C=O) groups is 1. The van der Waals surface area contributed by atoms with Crippen molar-refractivity contribution in [3.8, 4) is 5.75 Å². The summed E-state index contributed by atoms with van der Waals surface area (Å²) in [6, 6.07) is 2.22. The van der Waals surface area contributed by atoms with Crippen molar-refractivity contribution in [2.45, 2.75) is 19.0 Å². The molecule has 7 heteroatoms. The first kappa shape index (κ1) is 13.8. The van der Waals surface area contributed by atoms with Crippen molar-refractivity contribution < 1.29 is 28.2 Å². The second-order valence-corrected chi connectivity index (χ2v) is 4.09. The number of hydrogen-bond donors (Lipinski definition) is 2. The maximum Gasteiger partial charge on any atom is 0.340 e. The molecule has 1 rings (SSSR count). The summed E-state index contributed by atoms with van der Waals surface area (Å²) in [5, 5.41) is 18.1. The number of benzene rings is 1. The summed E-state index contributed by atoms with van der Waals surface area (Å²) in [7, 11) is 0. The summed E-state index contributed by atoms with van der Waals surface area (Å²) in [6.07, 6.45) is -6.14. The van der Waals surface area contributed by atoms with Crippen molar-refractivity contribution >= 4 is 21.9 Å². The van der Waals surface area contributed by atoms with Crippen LogP contribution in [0.4, 0.5) is 13.2 Å². The van der Waals surface area contributed by atoms with Gasteiger partial charge in [-0.2, -0.15) is 0 Å². The van der Waals surface area contributed by atoms with Gasteiger partial charge in [0.05, 0.1) is 0 Å². The van der Waals surface area contributed by atoms with Gasteiger partial charge in [-0.3, -0.25) is 0 Å². The maximum atomic E-state index is 12.8. The Morgan fingerprint density at radius 1 is 1.35 bits per heavy atom. The van der Waals surface area contributed by atoms with E-state index < -0.39 is 36.3 Å². The molecule has 0 radical (unpaired) electrons. The van der Waals surface area contributed by atoms with Crippen LogP contribution in [0.3, 0.4) is 0 Å². The Morgan fingerprint density at radius 3 is 2.41 bits per heavy atom. The van der Waals surface area contributed by atoms with Gasteiger partial charge in [-0.1, -0.05) is 6.07 Å². The lowest BCUT2D eigenvalue weighted by Crippen LogP contribution is -2.16. The molecule has 0 aliphatic carbocycles. The highest BCUT2D eigenvalue weighted by atomic mass is 79.9. The molecule has 0 bridgehead atoms. The first-order chi connectivity index (χ1) is 7.84. The van der Waals surface area contributed by atoms with Crippen LogP contribution in [0.2, 0.25) is 0 Å². The number of alkyl halides is 3. The van der Waals surface area contributed by atoms with Crippen molar-refractivity contribution in [2.75, 3.05) is 0 Å². The van der Waals surface area contributed by atoms with Gasteiger partial charge in [-0.25, -0.2) is 18.0 Å². The van der Waals surface area contributed by atoms with Crippen LogP contribution in [0.1, 0.15) is 15.9 Å². The normalized spacial score (nSPS) is 12.8. The van der Waals surface area contributed by atoms with Crippen LogP contribution in [-0.4, -0.2) is 28.8 Å². The zero-order valence-electron chi connectivity index (χ0n) is 8.33. The fourth-order valence-electron chi connectivity index (χ4n) is 1.27. The van der Waals surface area contributed by atoms with E-state index in [1.807, 2.05) is 0 Å². The Bertz CT molecular complexity index is 437. The van der Waals surface area contributed by atoms with Crippen LogP contribution in [0.5, 0.6) is 5.75 Å². The lowest BCUT2D eigenvalue weighted by atomic mass is 10.0. The third-order valence-electron chi connectivity index (χ3n) is 2.10. The SMILES string of the molecule is O=C(O)c1c(O)ccc(CC(F)C(F)F)c1Br. The van der Waals surface area contributed by atoms with E-state index in [1.165, 1.54) is 6.07 Å². The molecule has 0 fully saturated rings. The second-order valence-electron chi connectivity index (χ2n) is 3.29. The summed E-state index contributed by atoms with van der Waals surface area (Å²) >= 11 is 2.86. The van der Waals surface area contributed by atoms with Gasteiger partial charge < -0.3 is 10.2 Å². The average molecular weight is 313 g/mol. The van der Waals surface area contributed by atoms with Crippen LogP contribution >= 0.6 is 15.9 Å². The number of hydrogen-bond acceptors (Lipinski definition) is 2. The van der Waals surface area contributed by atoms with Gasteiger partial charge in [0, 0.05) is 10.9 Å². The number of carboxylic acids is 1. The largest absolute Gasteiger partial charge is 0.507 e. The van der Waals surface area contributed by atoms with Crippen molar-refractivity contribution in [1.82, 2.24) is 0 Å². The molecule has 0 aliphatic heterocycles. The van der Waals surface area contributed by atoms with Crippen molar-refractivity contribution in [2.24, 2.45) is 0 Å². The Labute approximate surface area is 103 Å². The Balaban J connectivity index is 3.11. The molecule has 17 heavy (non-hydrogen) atoms. The molecule has 94 valence electrons. The number of phenols is 1. The predicted octanol–water partition coefficient (Wildman–Crippen LogP) is 3.00. The maximum absolute atomic E-state index is 12.8. The molecule has 1 aromatic carbocycles. The van der Waals surface area contributed by atoms with E-state index in [9.17, 15) is 23.1 Å². The topological polar surface area (TPSA) is 57.5 Å². The van der Waals surface area contributed by atoms with E-state index in [-0.39, 0.29) is 10.0 Å². The molecule has 1 unspecified atom stereocenters. The minimum atomic E-state index is -3.14. The summed E-state index contributed by atoms with van der Waals surface area (Å²) in [5.41, 5.74) is -0.406. The van der Waals surface area contributed by atoms with Gasteiger partial charge in [0.25, 0.3) is 6.43 Å². The second kappa shape index (κ2) is 5.39. The van der Waals surface area contributed by atoms with E-state index >= 15 is 0 Å². The zero-order valence-corrected chi connectivity index (χ0v) is 9.92. The third kappa shape index (κ3) is 3.12. The number of carboxylic acid groups (broad SMARTS) is 1. The first-order valence-electron chi connectivity index (χ1n) is 4.50. The highest BCUT2D eigenvalue weighted by Crippen LogP contribution is 2.31. The molecule has 3 nitrogen and oxygen atoms in total. The highest BCUT2D eigenvalue weighted by Gasteiger charge is 2.23. The van der Waals surface area contributed by atoms with E-state index in [1.54, 1.807) is 0 Å². The van der Waals surface area contributed by atoms with Gasteiger partial charge in [0.1, 0.15) is 11.3 Å². The standard InChI is InChI=1S/C10H8BrF3O3/c11-8-4(3-5(12)9(13)14)1-2-6(15)7(8)10(16)17/h1-2,5,9,15H,3H2,(H,16,17). The lowest BCUT2D eigenvalue weighted by molar-refractivity contribution is 0.0502. The summed E-state index contributed by atoms with van der Waals surface area (Å²) in [4.78, 5) is 10.8. The smallest absolute Gasteiger partial charge is 0.340 e. The molecule has 0 spiro atoms. The van der Waals surface area contributed by atoms with Crippen LogP contribution in [0, 0.1) is 0 Å². The van der Waals surface area contributed by atoms with Crippen LogP contribution in [0.15, 0.2) is 16.6 Å². The summed E-state index contributed by atoms with van der Waals surface area (Å²) in [5.74, 6) is -1.94. The summed E-state index contributed by atoms with van der Waals surface area (Å²) < 4.78 is 36.8. The molecule has 1 atom stereocenters. The highest BCUT2D eigenvalue weighted by molar-refractivity contribution is 9.10. The van der Waals surface area contributed by atoms with Crippen LogP contribution in [0.25, 0.3) is 0 Å². The predicted molar refractivity (Wildman–Crippen MR) is 57.4 cm³/mol. The Hall–Kier alpha value is -1.24. The van der Waals surface area contributed by atoms with Crippen molar-refractivity contribution in [3.63, 3.8) is 0 Å². The number of halogens is 4. The fourth-order valence-corrected chi connectivity index (χ4v) is 1.94. The van der Waals surface area contributed by atoms with Gasteiger partial charge in [0.15, 0.2) is 6.17 Å². The molecular weight excluding hydrogens is 305 g/mol. The minimum Gasteiger partial charge on any atom is -0.507 e. The van der Waals surface area contributed by atoms with Crippen molar-refractivity contribution in [3.05, 3.63) is 27.7 Å².